The first-order chi connectivity index (χ1) is 14.0. The number of aliphatic hydroxyl groups is 1. The number of aliphatic hydroxyl groups excluding tert-OH is 1. The standard InChI is InChI=1S/C18H19FN8O2/c1-25(18-22-23-24-26(18)2)16-6-3-11(8-21-16)14-5-4-12(7-15(14)19)27-9-13(10-28)29-17(27)20/h3-8,13,20,28H,9-10H2,1-2H3/t13-/m1/s1. The highest BCUT2D eigenvalue weighted by atomic mass is 19.1. The van der Waals surface area contributed by atoms with Crippen molar-refractivity contribution in [2.24, 2.45) is 7.05 Å². The molecule has 3 aromatic rings. The summed E-state index contributed by atoms with van der Waals surface area (Å²) in [6.45, 7) is 0.101. The normalized spacial score (nSPS) is 16.2. The van der Waals surface area contributed by atoms with E-state index in [1.54, 1.807) is 49.5 Å². The smallest absolute Gasteiger partial charge is 0.289 e. The number of aromatic nitrogens is 5. The molecule has 4 rings (SSSR count). The fraction of sp³-hybridized carbons (Fsp3) is 0.278. The number of anilines is 3. The van der Waals surface area contributed by atoms with Crippen molar-refractivity contribution in [3.63, 3.8) is 0 Å². The number of hydrogen-bond donors (Lipinski definition) is 2. The molecule has 1 fully saturated rings. The van der Waals surface area contributed by atoms with Gasteiger partial charge in [0.2, 0.25) is 0 Å². The summed E-state index contributed by atoms with van der Waals surface area (Å²) in [5.74, 6) is 0.696. The topological polar surface area (TPSA) is 116 Å². The molecule has 1 aliphatic rings. The van der Waals surface area contributed by atoms with Crippen molar-refractivity contribution < 1.29 is 14.2 Å². The van der Waals surface area contributed by atoms with E-state index in [1.165, 1.54) is 15.6 Å². The highest BCUT2D eigenvalue weighted by Crippen LogP contribution is 2.29. The molecule has 0 amide bonds. The monoisotopic (exact) mass is 398 g/mol. The molecule has 1 saturated heterocycles. The zero-order valence-corrected chi connectivity index (χ0v) is 15.8. The van der Waals surface area contributed by atoms with Crippen LogP contribution in [0.25, 0.3) is 11.1 Å². The molecule has 10 nitrogen and oxygen atoms in total. The van der Waals surface area contributed by atoms with Crippen molar-refractivity contribution >= 4 is 23.5 Å². The van der Waals surface area contributed by atoms with Crippen LogP contribution in [0.5, 0.6) is 0 Å². The van der Waals surface area contributed by atoms with Crippen molar-refractivity contribution in [3.05, 3.63) is 42.3 Å². The van der Waals surface area contributed by atoms with Crippen LogP contribution in [0.1, 0.15) is 0 Å². The maximum absolute atomic E-state index is 14.8. The molecule has 0 saturated carbocycles. The Morgan fingerprint density at radius 2 is 2.17 bits per heavy atom. The average Bonchev–Trinajstić information content (AvgIpc) is 3.32. The van der Waals surface area contributed by atoms with E-state index >= 15 is 0 Å². The Balaban J connectivity index is 1.56. The van der Waals surface area contributed by atoms with Gasteiger partial charge in [-0.05, 0) is 40.8 Å². The van der Waals surface area contributed by atoms with Gasteiger partial charge in [-0.2, -0.15) is 0 Å². The summed E-state index contributed by atoms with van der Waals surface area (Å²) < 4.78 is 21.5. The van der Waals surface area contributed by atoms with Crippen molar-refractivity contribution in [1.82, 2.24) is 25.2 Å². The van der Waals surface area contributed by atoms with Crippen LogP contribution in [0.3, 0.4) is 0 Å². The van der Waals surface area contributed by atoms with E-state index in [0.717, 1.165) is 0 Å². The van der Waals surface area contributed by atoms with Crippen molar-refractivity contribution in [2.45, 2.75) is 6.10 Å². The molecule has 0 unspecified atom stereocenters. The minimum absolute atomic E-state index is 0.108. The van der Waals surface area contributed by atoms with Crippen LogP contribution < -0.4 is 9.80 Å². The first-order valence-corrected chi connectivity index (χ1v) is 8.83. The summed E-state index contributed by atoms with van der Waals surface area (Å²) >= 11 is 0. The number of aryl methyl sites for hydroxylation is 1. The molecule has 3 heterocycles. The molecule has 1 aromatic carbocycles. The SMILES string of the molecule is CN(c1ccc(-c2ccc(N3C[C@H](CO)OC3=N)cc2F)cn1)c1nnnn1C. The van der Waals surface area contributed by atoms with Gasteiger partial charge in [-0.25, -0.2) is 14.1 Å². The van der Waals surface area contributed by atoms with E-state index in [4.69, 9.17) is 10.1 Å². The summed E-state index contributed by atoms with van der Waals surface area (Å²) in [7, 11) is 3.51. The number of tetrazole rings is 1. The quantitative estimate of drug-likeness (QED) is 0.661. The maximum atomic E-state index is 14.8. The number of benzene rings is 1. The third kappa shape index (κ3) is 3.47. The summed E-state index contributed by atoms with van der Waals surface area (Å²) in [6.07, 6.45) is 1.10. The highest BCUT2D eigenvalue weighted by molar-refractivity contribution is 5.91. The average molecular weight is 398 g/mol. The maximum Gasteiger partial charge on any atom is 0.289 e. The Bertz CT molecular complexity index is 1040. The van der Waals surface area contributed by atoms with Gasteiger partial charge < -0.3 is 9.84 Å². The Kier molecular flexibility index (Phi) is 4.80. The number of hydrogen-bond acceptors (Lipinski definition) is 8. The first kappa shape index (κ1) is 18.7. The van der Waals surface area contributed by atoms with Crippen LogP contribution in [0.15, 0.2) is 36.5 Å². The predicted octanol–water partition coefficient (Wildman–Crippen LogP) is 1.31. The van der Waals surface area contributed by atoms with Gasteiger partial charge in [0.15, 0.2) is 0 Å². The van der Waals surface area contributed by atoms with Crippen LogP contribution >= 0.6 is 0 Å². The fourth-order valence-corrected chi connectivity index (χ4v) is 3.12. The summed E-state index contributed by atoms with van der Waals surface area (Å²) in [5, 5.41) is 28.4. The van der Waals surface area contributed by atoms with Crippen molar-refractivity contribution in [3.8, 4) is 11.1 Å². The van der Waals surface area contributed by atoms with Gasteiger partial charge in [0.05, 0.1) is 13.2 Å². The van der Waals surface area contributed by atoms with E-state index < -0.39 is 11.9 Å². The summed E-state index contributed by atoms with van der Waals surface area (Å²) in [5.41, 5.74) is 1.50. The number of pyridine rings is 1. The van der Waals surface area contributed by atoms with E-state index in [-0.39, 0.29) is 12.6 Å². The molecule has 11 heteroatoms. The zero-order chi connectivity index (χ0) is 20.5. The molecule has 2 N–H and O–H groups in total. The number of rotatable bonds is 5. The lowest BCUT2D eigenvalue weighted by Crippen LogP contribution is -2.25. The number of nitrogens with zero attached hydrogens (tertiary/aromatic N) is 7. The molecule has 2 aromatic heterocycles. The largest absolute Gasteiger partial charge is 0.457 e. The number of amidine groups is 1. The Labute approximate surface area is 165 Å². The van der Waals surface area contributed by atoms with Crippen molar-refractivity contribution in [1.29, 1.82) is 5.41 Å². The third-order valence-corrected chi connectivity index (χ3v) is 4.68. The highest BCUT2D eigenvalue weighted by Gasteiger charge is 2.29. The van der Waals surface area contributed by atoms with Crippen LogP contribution in [0, 0.1) is 11.2 Å². The van der Waals surface area contributed by atoms with Crippen molar-refractivity contribution in [2.75, 3.05) is 30.0 Å². The summed E-state index contributed by atoms with van der Waals surface area (Å²) in [6, 6.07) is 8.11. The lowest BCUT2D eigenvalue weighted by molar-refractivity contribution is 0.133. The molecule has 0 bridgehead atoms. The molecule has 0 aliphatic carbocycles. The van der Waals surface area contributed by atoms with Gasteiger partial charge >= 0.3 is 0 Å². The molecular weight excluding hydrogens is 379 g/mol. The number of ether oxygens (including phenoxy) is 1. The molecule has 29 heavy (non-hydrogen) atoms. The van der Waals surface area contributed by atoms with E-state index in [1.807, 2.05) is 0 Å². The van der Waals surface area contributed by atoms with E-state index in [9.17, 15) is 9.50 Å². The second kappa shape index (κ2) is 7.43. The third-order valence-electron chi connectivity index (χ3n) is 4.68. The van der Waals surface area contributed by atoms with Gasteiger partial charge in [0.1, 0.15) is 17.7 Å². The molecule has 1 aliphatic heterocycles. The Morgan fingerprint density at radius 3 is 2.76 bits per heavy atom. The molecule has 0 spiro atoms. The lowest BCUT2D eigenvalue weighted by atomic mass is 10.1. The van der Waals surface area contributed by atoms with Gasteiger partial charge in [-0.3, -0.25) is 15.2 Å². The Morgan fingerprint density at radius 1 is 1.34 bits per heavy atom. The van der Waals surface area contributed by atoms with Gasteiger partial charge in [0.25, 0.3) is 12.0 Å². The lowest BCUT2D eigenvalue weighted by Gasteiger charge is -2.17. The van der Waals surface area contributed by atoms with Crippen LogP contribution in [-0.4, -0.2) is 62.6 Å². The number of nitrogens with one attached hydrogen (secondary N) is 1. The minimum atomic E-state index is -0.483. The summed E-state index contributed by atoms with van der Waals surface area (Å²) in [4.78, 5) is 7.62. The van der Waals surface area contributed by atoms with E-state index in [0.29, 0.717) is 35.1 Å². The Hall–Kier alpha value is -3.60. The molecule has 150 valence electrons. The second-order valence-electron chi connectivity index (χ2n) is 6.57. The van der Waals surface area contributed by atoms with Gasteiger partial charge in [-0.15, -0.1) is 0 Å². The van der Waals surface area contributed by atoms with Crippen LogP contribution in [0.4, 0.5) is 21.8 Å². The molecule has 1 atom stereocenters. The van der Waals surface area contributed by atoms with E-state index in [2.05, 4.69) is 20.5 Å². The fourth-order valence-electron chi connectivity index (χ4n) is 3.12. The van der Waals surface area contributed by atoms with Crippen LogP contribution in [-0.2, 0) is 11.8 Å². The zero-order valence-electron chi connectivity index (χ0n) is 15.8. The first-order valence-electron chi connectivity index (χ1n) is 8.83. The van der Waals surface area contributed by atoms with Crippen LogP contribution in [0.2, 0.25) is 0 Å². The number of halogens is 1. The second-order valence-corrected chi connectivity index (χ2v) is 6.57. The molecular formula is C18H19FN8O2. The minimum Gasteiger partial charge on any atom is -0.457 e. The molecule has 0 radical (unpaired) electrons. The van der Waals surface area contributed by atoms with Gasteiger partial charge in [0, 0.05) is 37.1 Å². The van der Waals surface area contributed by atoms with Gasteiger partial charge in [-0.1, -0.05) is 5.10 Å². The predicted molar refractivity (Wildman–Crippen MR) is 104 cm³/mol.